The van der Waals surface area contributed by atoms with Gasteiger partial charge in [-0.15, -0.1) is 0 Å². The quantitative estimate of drug-likeness (QED) is 0.274. The number of aromatic nitrogens is 1. The molecule has 40 heavy (non-hydrogen) atoms. The number of carbonyl (C=O) groups excluding carboxylic acids is 2. The summed E-state index contributed by atoms with van der Waals surface area (Å²) >= 11 is 0.907. The number of amides is 2. The molecule has 2 aliphatic heterocycles. The number of methoxy groups -OCH3 is 1. The zero-order chi connectivity index (χ0) is 28.9. The predicted molar refractivity (Wildman–Crippen MR) is 164 cm³/mol. The first-order valence-corrected chi connectivity index (χ1v) is 14.4. The van der Waals surface area contributed by atoms with Crippen molar-refractivity contribution >= 4 is 29.1 Å². The first kappa shape index (κ1) is 30.8. The number of piperidine rings is 1. The Morgan fingerprint density at radius 3 is 2.58 bits per heavy atom. The van der Waals surface area contributed by atoms with Crippen molar-refractivity contribution in [2.24, 2.45) is 10.9 Å². The average molecular weight is 562 g/mol. The van der Waals surface area contributed by atoms with E-state index in [0.29, 0.717) is 10.8 Å². The number of hydrogen-bond donors (Lipinski definition) is 2. The maximum absolute atomic E-state index is 11.6. The van der Waals surface area contributed by atoms with Crippen molar-refractivity contribution in [1.82, 2.24) is 20.5 Å². The van der Waals surface area contributed by atoms with Gasteiger partial charge in [0.2, 0.25) is 0 Å². The van der Waals surface area contributed by atoms with Gasteiger partial charge in [-0.25, -0.2) is 4.99 Å². The van der Waals surface area contributed by atoms with Crippen molar-refractivity contribution in [2.45, 2.75) is 40.2 Å². The molecule has 9 heteroatoms. The van der Waals surface area contributed by atoms with E-state index in [2.05, 4.69) is 33.2 Å². The Labute approximate surface area is 241 Å². The summed E-state index contributed by atoms with van der Waals surface area (Å²) in [6.07, 6.45) is 7.32. The first-order valence-electron chi connectivity index (χ1n) is 13.6. The Bertz CT molecular complexity index is 1260. The second-order valence-electron chi connectivity index (χ2n) is 9.26. The molecule has 2 aromatic rings. The van der Waals surface area contributed by atoms with Gasteiger partial charge in [0, 0.05) is 31.4 Å². The van der Waals surface area contributed by atoms with E-state index in [4.69, 9.17) is 9.72 Å². The molecule has 1 aromatic heterocycles. The highest BCUT2D eigenvalue weighted by atomic mass is 32.2. The molecule has 0 bridgehead atoms. The summed E-state index contributed by atoms with van der Waals surface area (Å²) in [7, 11) is 1.67. The van der Waals surface area contributed by atoms with E-state index >= 15 is 0 Å². The number of rotatable bonds is 10. The second kappa shape index (κ2) is 15.8. The highest BCUT2D eigenvalue weighted by Gasteiger charge is 2.24. The molecule has 2 N–H and O–H groups in total. The third-order valence-corrected chi connectivity index (χ3v) is 7.28. The van der Waals surface area contributed by atoms with E-state index in [9.17, 15) is 9.59 Å². The number of thioether (sulfide) groups is 1. The SMILES string of the molecule is C=C(\N=C/C=C(C)/C=C1\SC(=O)NC1=O)N1CCC(CNCc2cccc(-c3ccc(OC)cc3)n2)CC1.CC. The molecule has 2 amide bonds. The van der Waals surface area contributed by atoms with Crippen LogP contribution in [0.3, 0.4) is 0 Å². The van der Waals surface area contributed by atoms with Gasteiger partial charge in [0.15, 0.2) is 0 Å². The summed E-state index contributed by atoms with van der Waals surface area (Å²) in [4.78, 5) is 34.8. The van der Waals surface area contributed by atoms with Crippen molar-refractivity contribution in [2.75, 3.05) is 26.7 Å². The molecule has 8 nitrogen and oxygen atoms in total. The highest BCUT2D eigenvalue weighted by molar-refractivity contribution is 8.18. The Morgan fingerprint density at radius 1 is 1.20 bits per heavy atom. The van der Waals surface area contributed by atoms with Crippen LogP contribution in [0.4, 0.5) is 4.79 Å². The number of likely N-dealkylation sites (tertiary alicyclic amines) is 1. The van der Waals surface area contributed by atoms with Crippen LogP contribution in [0.5, 0.6) is 5.75 Å². The number of aliphatic imine (C=N–C) groups is 1. The number of allylic oxidation sites excluding steroid dienone is 3. The largest absolute Gasteiger partial charge is 0.497 e. The number of carbonyl (C=O) groups is 2. The molecule has 212 valence electrons. The van der Waals surface area contributed by atoms with E-state index in [-0.39, 0.29) is 11.1 Å². The van der Waals surface area contributed by atoms with Crippen LogP contribution in [0.2, 0.25) is 0 Å². The Morgan fingerprint density at radius 2 is 1.93 bits per heavy atom. The number of ether oxygens (including phenoxy) is 1. The van der Waals surface area contributed by atoms with Crippen LogP contribution in [0.25, 0.3) is 11.3 Å². The topological polar surface area (TPSA) is 95.9 Å². The maximum Gasteiger partial charge on any atom is 0.290 e. The monoisotopic (exact) mass is 561 g/mol. The smallest absolute Gasteiger partial charge is 0.290 e. The second-order valence-corrected chi connectivity index (χ2v) is 10.3. The Hall–Kier alpha value is -3.69. The zero-order valence-electron chi connectivity index (χ0n) is 23.8. The van der Waals surface area contributed by atoms with Gasteiger partial charge in [0.05, 0.1) is 23.4 Å². The standard InChI is InChI=1S/C29H33N5O3S.C2H6/c1-20(17-27-28(35)33-29(36)38-27)11-14-31-21(2)34-15-12-22(13-16-34)18-30-19-24-5-4-6-26(32-24)23-7-9-25(37-3)10-8-23;1-2/h4-11,14,17,22,30H,2,12-13,15-16,18-19H2,1,3H3,(H,33,35,36);1-2H3/b20-11+,27-17-,31-14-;. The van der Waals surface area contributed by atoms with E-state index in [1.165, 1.54) is 0 Å². The minimum Gasteiger partial charge on any atom is -0.497 e. The van der Waals surface area contributed by atoms with Crippen molar-refractivity contribution < 1.29 is 14.3 Å². The number of imide groups is 1. The number of nitrogens with zero attached hydrogens (tertiary/aromatic N) is 3. The molecule has 1 aromatic carbocycles. The fourth-order valence-electron chi connectivity index (χ4n) is 4.30. The maximum atomic E-state index is 11.6. The van der Waals surface area contributed by atoms with Gasteiger partial charge in [-0.05, 0) is 98.1 Å². The van der Waals surface area contributed by atoms with Crippen LogP contribution in [0.1, 0.15) is 39.3 Å². The van der Waals surface area contributed by atoms with Crippen molar-refractivity contribution in [1.29, 1.82) is 0 Å². The lowest BCUT2D eigenvalue weighted by Gasteiger charge is -2.33. The van der Waals surface area contributed by atoms with Crippen LogP contribution in [0.15, 0.2) is 82.5 Å². The van der Waals surface area contributed by atoms with Gasteiger partial charge >= 0.3 is 0 Å². The summed E-state index contributed by atoms with van der Waals surface area (Å²) in [5.41, 5.74) is 3.89. The van der Waals surface area contributed by atoms with E-state index < -0.39 is 0 Å². The number of nitrogens with one attached hydrogen (secondary N) is 2. The summed E-state index contributed by atoms with van der Waals surface area (Å²) in [6, 6.07) is 14.1. The number of hydrogen-bond acceptors (Lipinski definition) is 8. The van der Waals surface area contributed by atoms with Crippen LogP contribution in [-0.2, 0) is 11.3 Å². The summed E-state index contributed by atoms with van der Waals surface area (Å²) in [5, 5.41) is 5.48. The molecular formula is C31H39N5O3S. The van der Waals surface area contributed by atoms with Gasteiger partial charge in [0.1, 0.15) is 11.6 Å². The third-order valence-electron chi connectivity index (χ3n) is 6.47. The van der Waals surface area contributed by atoms with Crippen molar-refractivity contribution in [3.05, 3.63) is 83.2 Å². The molecule has 0 radical (unpaired) electrons. The van der Waals surface area contributed by atoms with Gasteiger partial charge in [-0.3, -0.25) is 19.9 Å². The lowest BCUT2D eigenvalue weighted by atomic mass is 9.97. The molecule has 0 aliphatic carbocycles. The first-order chi connectivity index (χ1) is 19.4. The third kappa shape index (κ3) is 9.20. The number of pyridine rings is 1. The molecule has 3 heterocycles. The Balaban J connectivity index is 0.00000216. The van der Waals surface area contributed by atoms with Crippen molar-refractivity contribution in [3.8, 4) is 17.0 Å². The van der Waals surface area contributed by atoms with E-state index in [1.54, 1.807) is 19.4 Å². The molecular weight excluding hydrogens is 522 g/mol. The lowest BCUT2D eigenvalue weighted by Crippen LogP contribution is -2.36. The molecule has 2 aliphatic rings. The van der Waals surface area contributed by atoms with Crippen LogP contribution < -0.4 is 15.4 Å². The van der Waals surface area contributed by atoms with Gasteiger partial charge < -0.3 is 15.0 Å². The fourth-order valence-corrected chi connectivity index (χ4v) is 5.03. The molecule has 0 spiro atoms. The van der Waals surface area contributed by atoms with Gasteiger partial charge in [0.25, 0.3) is 11.1 Å². The predicted octanol–water partition coefficient (Wildman–Crippen LogP) is 5.94. The molecule has 0 atom stereocenters. The van der Waals surface area contributed by atoms with E-state index in [0.717, 1.165) is 84.9 Å². The molecule has 0 saturated carbocycles. The van der Waals surface area contributed by atoms with Crippen LogP contribution >= 0.6 is 11.8 Å². The summed E-state index contributed by atoms with van der Waals surface area (Å²) in [6.45, 7) is 13.5. The van der Waals surface area contributed by atoms with Crippen molar-refractivity contribution in [3.63, 3.8) is 0 Å². The normalized spacial score (nSPS) is 17.1. The fraction of sp³-hybridized carbons (Fsp3) is 0.355. The average Bonchev–Trinajstić information content (AvgIpc) is 3.30. The minimum atomic E-state index is -0.357. The molecule has 4 rings (SSSR count). The van der Waals surface area contributed by atoms with Crippen LogP contribution in [-0.4, -0.2) is 54.0 Å². The Kier molecular flexibility index (Phi) is 12.2. The molecule has 2 saturated heterocycles. The lowest BCUT2D eigenvalue weighted by molar-refractivity contribution is -0.115. The zero-order valence-corrected chi connectivity index (χ0v) is 24.6. The molecule has 0 unspecified atom stereocenters. The van der Waals surface area contributed by atoms with E-state index in [1.807, 2.05) is 63.2 Å². The number of benzene rings is 1. The highest BCUT2D eigenvalue weighted by Crippen LogP contribution is 2.24. The summed E-state index contributed by atoms with van der Waals surface area (Å²) in [5.74, 6) is 1.81. The van der Waals surface area contributed by atoms with Gasteiger partial charge in [-0.2, -0.15) is 0 Å². The van der Waals surface area contributed by atoms with Crippen LogP contribution in [0, 0.1) is 5.92 Å². The molecule has 2 fully saturated rings. The summed E-state index contributed by atoms with van der Waals surface area (Å²) < 4.78 is 5.24. The van der Waals surface area contributed by atoms with Gasteiger partial charge in [-0.1, -0.05) is 26.5 Å². The minimum absolute atomic E-state index is 0.342.